The molecule has 0 fully saturated rings. The van der Waals surface area contributed by atoms with Crippen molar-refractivity contribution < 1.29 is 22.7 Å². The van der Waals surface area contributed by atoms with E-state index in [4.69, 9.17) is 4.74 Å². The van der Waals surface area contributed by atoms with Gasteiger partial charge in [0.2, 0.25) is 0 Å². The lowest BCUT2D eigenvalue weighted by molar-refractivity contribution is -0.137. The molecule has 146 valence electrons. The van der Waals surface area contributed by atoms with Crippen LogP contribution < -0.4 is 10.1 Å². The summed E-state index contributed by atoms with van der Waals surface area (Å²) in [6.07, 6.45) is -4.51. The van der Waals surface area contributed by atoms with Gasteiger partial charge in [0.05, 0.1) is 17.9 Å². The molecule has 3 aromatic rings. The fourth-order valence-electron chi connectivity index (χ4n) is 2.60. The predicted molar refractivity (Wildman–Crippen MR) is 103 cm³/mol. The summed E-state index contributed by atoms with van der Waals surface area (Å²) in [6, 6.07) is 11.7. The predicted octanol–water partition coefficient (Wildman–Crippen LogP) is 5.79. The number of nitrogens with zero attached hydrogens (tertiary/aromatic N) is 1. The van der Waals surface area contributed by atoms with Gasteiger partial charge in [0.15, 0.2) is 5.13 Å². The number of carbonyl (C=O) groups is 1. The fourth-order valence-corrected chi connectivity index (χ4v) is 3.43. The molecule has 3 rings (SSSR count). The van der Waals surface area contributed by atoms with Crippen LogP contribution in [0.15, 0.2) is 48.5 Å². The quantitative estimate of drug-likeness (QED) is 0.584. The molecule has 0 unspecified atom stereocenters. The van der Waals surface area contributed by atoms with Crippen molar-refractivity contribution in [2.75, 3.05) is 11.9 Å². The van der Waals surface area contributed by atoms with Crippen LogP contribution in [-0.4, -0.2) is 17.5 Å². The highest BCUT2D eigenvalue weighted by Gasteiger charge is 2.31. The first-order valence-electron chi connectivity index (χ1n) is 8.47. The lowest BCUT2D eigenvalue weighted by atomic mass is 10.1. The van der Waals surface area contributed by atoms with Gasteiger partial charge in [-0.05, 0) is 56.3 Å². The zero-order valence-electron chi connectivity index (χ0n) is 15.1. The highest BCUT2D eigenvalue weighted by atomic mass is 32.1. The number of anilines is 1. The Morgan fingerprint density at radius 3 is 2.54 bits per heavy atom. The molecular formula is C20H17F3N2O2S. The molecule has 1 aromatic heterocycles. The number of halogens is 3. The Morgan fingerprint density at radius 1 is 1.18 bits per heavy atom. The van der Waals surface area contributed by atoms with Crippen molar-refractivity contribution in [1.29, 1.82) is 0 Å². The second-order valence-corrected chi connectivity index (χ2v) is 7.12. The van der Waals surface area contributed by atoms with Gasteiger partial charge in [-0.1, -0.05) is 6.07 Å². The summed E-state index contributed by atoms with van der Waals surface area (Å²) in [6.45, 7) is 4.34. The molecule has 1 heterocycles. The van der Waals surface area contributed by atoms with Gasteiger partial charge >= 0.3 is 6.18 Å². The Hall–Kier alpha value is -2.87. The highest BCUT2D eigenvalue weighted by molar-refractivity contribution is 7.16. The standard InChI is InChI=1S/C20H17F3N2O2S/c1-3-27-16-9-7-13(8-10-16)17-12(2)28-19(24-17)25-18(26)14-5-4-6-15(11-14)20(21,22)23/h4-11H,3H2,1-2H3,(H,24,25,26). The number of amides is 1. The summed E-state index contributed by atoms with van der Waals surface area (Å²) in [5.74, 6) is 0.107. The van der Waals surface area contributed by atoms with Crippen molar-refractivity contribution in [1.82, 2.24) is 4.98 Å². The molecule has 8 heteroatoms. The van der Waals surface area contributed by atoms with Crippen molar-refractivity contribution in [3.8, 4) is 17.0 Å². The number of hydrogen-bond acceptors (Lipinski definition) is 4. The van der Waals surface area contributed by atoms with Crippen LogP contribution in [0.4, 0.5) is 18.3 Å². The molecule has 1 N–H and O–H groups in total. The van der Waals surface area contributed by atoms with E-state index in [9.17, 15) is 18.0 Å². The van der Waals surface area contributed by atoms with Crippen LogP contribution in [0.2, 0.25) is 0 Å². The number of alkyl halides is 3. The van der Waals surface area contributed by atoms with E-state index in [1.807, 2.05) is 38.1 Å². The summed E-state index contributed by atoms with van der Waals surface area (Å²) >= 11 is 1.26. The van der Waals surface area contributed by atoms with Gasteiger partial charge in [-0.2, -0.15) is 13.2 Å². The maximum absolute atomic E-state index is 12.8. The normalized spacial score (nSPS) is 11.3. The van der Waals surface area contributed by atoms with Crippen molar-refractivity contribution in [2.24, 2.45) is 0 Å². The Bertz CT molecular complexity index is 982. The monoisotopic (exact) mass is 406 g/mol. The molecule has 4 nitrogen and oxygen atoms in total. The maximum Gasteiger partial charge on any atom is 0.416 e. The van der Waals surface area contributed by atoms with Gasteiger partial charge in [0, 0.05) is 16.0 Å². The third-order valence-electron chi connectivity index (χ3n) is 3.91. The fraction of sp³-hybridized carbons (Fsp3) is 0.200. The number of thiazole rings is 1. The number of carbonyl (C=O) groups excluding carboxylic acids is 1. The van der Waals surface area contributed by atoms with Crippen LogP contribution >= 0.6 is 11.3 Å². The minimum Gasteiger partial charge on any atom is -0.494 e. The van der Waals surface area contributed by atoms with E-state index in [0.717, 1.165) is 28.3 Å². The van der Waals surface area contributed by atoms with E-state index in [2.05, 4.69) is 10.3 Å². The second-order valence-electron chi connectivity index (χ2n) is 5.91. The molecule has 0 saturated heterocycles. The number of aromatic nitrogens is 1. The number of nitrogens with one attached hydrogen (secondary N) is 1. The SMILES string of the molecule is CCOc1ccc(-c2nc(NC(=O)c3cccc(C(F)(F)F)c3)sc2C)cc1. The van der Waals surface area contributed by atoms with E-state index < -0.39 is 17.6 Å². The molecule has 0 saturated carbocycles. The summed E-state index contributed by atoms with van der Waals surface area (Å²) in [7, 11) is 0. The number of hydrogen-bond donors (Lipinski definition) is 1. The van der Waals surface area contributed by atoms with E-state index in [1.165, 1.54) is 23.5 Å². The van der Waals surface area contributed by atoms with Crippen LogP contribution in [0.25, 0.3) is 11.3 Å². The van der Waals surface area contributed by atoms with E-state index in [1.54, 1.807) is 0 Å². The minimum absolute atomic E-state index is 0.0784. The molecular weight excluding hydrogens is 389 g/mol. The molecule has 0 atom stereocenters. The van der Waals surface area contributed by atoms with Gasteiger partial charge in [-0.25, -0.2) is 4.98 Å². The first-order valence-corrected chi connectivity index (χ1v) is 9.29. The average Bonchev–Trinajstić information content (AvgIpc) is 3.02. The van der Waals surface area contributed by atoms with Crippen molar-refractivity contribution >= 4 is 22.4 Å². The van der Waals surface area contributed by atoms with Crippen LogP contribution in [0.5, 0.6) is 5.75 Å². The zero-order valence-corrected chi connectivity index (χ0v) is 15.9. The summed E-state index contributed by atoms with van der Waals surface area (Å²) in [5.41, 5.74) is 0.611. The average molecular weight is 406 g/mol. The Balaban J connectivity index is 1.79. The Morgan fingerprint density at radius 2 is 1.89 bits per heavy atom. The molecule has 0 aliphatic rings. The second kappa shape index (κ2) is 8.02. The number of ether oxygens (including phenoxy) is 1. The van der Waals surface area contributed by atoms with E-state index in [-0.39, 0.29) is 5.56 Å². The van der Waals surface area contributed by atoms with E-state index >= 15 is 0 Å². The molecule has 1 amide bonds. The number of rotatable bonds is 5. The lowest BCUT2D eigenvalue weighted by Crippen LogP contribution is -2.13. The highest BCUT2D eigenvalue weighted by Crippen LogP contribution is 2.32. The van der Waals surface area contributed by atoms with Crippen LogP contribution in [0.3, 0.4) is 0 Å². The van der Waals surface area contributed by atoms with Gasteiger partial charge in [-0.3, -0.25) is 10.1 Å². The number of benzene rings is 2. The first kappa shape index (κ1) is 19.9. The lowest BCUT2D eigenvalue weighted by Gasteiger charge is -2.08. The van der Waals surface area contributed by atoms with Crippen molar-refractivity contribution in [2.45, 2.75) is 20.0 Å². The third-order valence-corrected chi connectivity index (χ3v) is 4.79. The van der Waals surface area contributed by atoms with Crippen LogP contribution in [0, 0.1) is 6.92 Å². The van der Waals surface area contributed by atoms with Crippen molar-refractivity contribution in [3.05, 3.63) is 64.5 Å². The first-order chi connectivity index (χ1) is 13.3. The smallest absolute Gasteiger partial charge is 0.416 e. The largest absolute Gasteiger partial charge is 0.494 e. The van der Waals surface area contributed by atoms with Gasteiger partial charge in [0.25, 0.3) is 5.91 Å². The summed E-state index contributed by atoms with van der Waals surface area (Å²) < 4.78 is 43.9. The molecule has 28 heavy (non-hydrogen) atoms. The topological polar surface area (TPSA) is 51.2 Å². The molecule has 0 aliphatic heterocycles. The van der Waals surface area contributed by atoms with Gasteiger partial charge in [0.1, 0.15) is 5.75 Å². The summed E-state index contributed by atoms with van der Waals surface area (Å²) in [4.78, 5) is 17.6. The van der Waals surface area contributed by atoms with E-state index in [0.29, 0.717) is 17.4 Å². The third kappa shape index (κ3) is 4.51. The van der Waals surface area contributed by atoms with Gasteiger partial charge < -0.3 is 4.74 Å². The summed E-state index contributed by atoms with van der Waals surface area (Å²) in [5, 5.41) is 2.90. The molecule has 0 spiro atoms. The molecule has 0 radical (unpaired) electrons. The van der Waals surface area contributed by atoms with Gasteiger partial charge in [-0.15, -0.1) is 11.3 Å². The Kier molecular flexibility index (Phi) is 5.69. The number of aryl methyl sites for hydroxylation is 1. The van der Waals surface area contributed by atoms with Crippen molar-refractivity contribution in [3.63, 3.8) is 0 Å². The minimum atomic E-state index is -4.51. The maximum atomic E-state index is 12.8. The van der Waals surface area contributed by atoms with Crippen LogP contribution in [0.1, 0.15) is 27.7 Å². The van der Waals surface area contributed by atoms with Crippen LogP contribution in [-0.2, 0) is 6.18 Å². The Labute approximate surface area is 164 Å². The molecule has 2 aromatic carbocycles. The molecule has 0 bridgehead atoms. The molecule has 0 aliphatic carbocycles. The zero-order chi connectivity index (χ0) is 20.3.